The van der Waals surface area contributed by atoms with Crippen LogP contribution in [-0.4, -0.2) is 36.7 Å². The fourth-order valence-corrected chi connectivity index (χ4v) is 2.95. The Hall–Kier alpha value is -1.48. The number of benzene rings is 1. The predicted molar refractivity (Wildman–Crippen MR) is 74.2 cm³/mol. The van der Waals surface area contributed by atoms with Crippen LogP contribution in [0.5, 0.6) is 5.75 Å². The lowest BCUT2D eigenvalue weighted by molar-refractivity contribution is 0.116. The molecule has 1 heterocycles. The average molecular weight is 244 g/mol. The number of likely N-dealkylation sites (N-methyl/N-ethyl adjacent to an activating group) is 1. The molecule has 1 fully saturated rings. The quantitative estimate of drug-likeness (QED) is 0.826. The highest BCUT2D eigenvalue weighted by atomic mass is 16.5. The van der Waals surface area contributed by atoms with Gasteiger partial charge in [0.05, 0.1) is 7.11 Å². The Labute approximate surface area is 108 Å². The maximum atomic E-state index is 5.27. The van der Waals surface area contributed by atoms with E-state index >= 15 is 0 Å². The summed E-state index contributed by atoms with van der Waals surface area (Å²) in [7, 11) is 6.06. The fourth-order valence-electron chi connectivity index (χ4n) is 2.95. The fraction of sp³-hybridized carbons (Fsp3) is 0.467. The Balaban J connectivity index is 1.98. The van der Waals surface area contributed by atoms with Crippen LogP contribution >= 0.6 is 0 Å². The molecule has 3 rings (SSSR count). The van der Waals surface area contributed by atoms with Crippen molar-refractivity contribution in [2.24, 2.45) is 0 Å². The van der Waals surface area contributed by atoms with E-state index in [1.165, 1.54) is 23.7 Å². The van der Waals surface area contributed by atoms with E-state index in [1.54, 1.807) is 7.11 Å². The minimum absolute atomic E-state index is 0.617. The van der Waals surface area contributed by atoms with Gasteiger partial charge in [-0.05, 0) is 51.2 Å². The first-order valence-electron chi connectivity index (χ1n) is 6.51. The van der Waals surface area contributed by atoms with Crippen LogP contribution in [0, 0.1) is 0 Å². The highest BCUT2D eigenvalue weighted by Crippen LogP contribution is 2.38. The largest absolute Gasteiger partial charge is 0.497 e. The summed E-state index contributed by atoms with van der Waals surface area (Å²) >= 11 is 0. The highest BCUT2D eigenvalue weighted by molar-refractivity contribution is 5.81. The van der Waals surface area contributed by atoms with E-state index in [0.717, 1.165) is 5.75 Å². The molecule has 0 spiro atoms. The van der Waals surface area contributed by atoms with Gasteiger partial charge in [0, 0.05) is 29.2 Å². The minimum atomic E-state index is 0.617. The van der Waals surface area contributed by atoms with Gasteiger partial charge in [0.25, 0.3) is 0 Å². The Morgan fingerprint density at radius 3 is 2.67 bits per heavy atom. The average Bonchev–Trinajstić information content (AvgIpc) is 2.70. The van der Waals surface area contributed by atoms with Crippen molar-refractivity contribution in [1.82, 2.24) is 9.47 Å². The molecule has 0 amide bonds. The van der Waals surface area contributed by atoms with Gasteiger partial charge in [-0.2, -0.15) is 0 Å². The molecule has 0 saturated heterocycles. The van der Waals surface area contributed by atoms with Crippen molar-refractivity contribution < 1.29 is 4.74 Å². The molecule has 1 aliphatic carbocycles. The van der Waals surface area contributed by atoms with Gasteiger partial charge < -0.3 is 14.2 Å². The van der Waals surface area contributed by atoms with Crippen LogP contribution in [0.15, 0.2) is 30.5 Å². The number of aromatic nitrogens is 1. The molecule has 1 aromatic carbocycles. The summed E-state index contributed by atoms with van der Waals surface area (Å²) in [5.74, 6) is 0.929. The molecular weight excluding hydrogens is 224 g/mol. The summed E-state index contributed by atoms with van der Waals surface area (Å²) < 4.78 is 7.69. The zero-order valence-electron chi connectivity index (χ0n) is 11.3. The minimum Gasteiger partial charge on any atom is -0.497 e. The van der Waals surface area contributed by atoms with E-state index < -0.39 is 0 Å². The van der Waals surface area contributed by atoms with Crippen molar-refractivity contribution in [3.8, 4) is 5.75 Å². The summed E-state index contributed by atoms with van der Waals surface area (Å²) in [5.41, 5.74) is 1.31. The molecule has 0 aliphatic heterocycles. The van der Waals surface area contributed by atoms with Crippen molar-refractivity contribution in [2.75, 3.05) is 21.2 Å². The van der Waals surface area contributed by atoms with Crippen LogP contribution in [0.2, 0.25) is 0 Å². The van der Waals surface area contributed by atoms with Crippen LogP contribution in [0.3, 0.4) is 0 Å². The second kappa shape index (κ2) is 4.32. The lowest BCUT2D eigenvalue weighted by Gasteiger charge is -2.42. The molecule has 2 unspecified atom stereocenters. The van der Waals surface area contributed by atoms with Crippen LogP contribution in [0.1, 0.15) is 18.9 Å². The van der Waals surface area contributed by atoms with E-state index in [4.69, 9.17) is 4.74 Å². The second-order valence-corrected chi connectivity index (χ2v) is 5.32. The Bertz CT molecular complexity index is 559. The van der Waals surface area contributed by atoms with Crippen LogP contribution < -0.4 is 4.74 Å². The number of hydrogen-bond donors (Lipinski definition) is 0. The summed E-state index contributed by atoms with van der Waals surface area (Å²) in [4.78, 5) is 2.34. The third-order valence-corrected chi connectivity index (χ3v) is 4.15. The number of rotatable bonds is 3. The normalized spacial score (nSPS) is 23.3. The van der Waals surface area contributed by atoms with Crippen molar-refractivity contribution >= 4 is 10.9 Å². The standard InChI is InChI=1S/C15H20N2O/c1-16(2)14-6-7-15(14)17-9-8-11-10-12(18-3)4-5-13(11)17/h4-5,8-10,14-15H,6-7H2,1-3H3. The molecule has 3 heteroatoms. The van der Waals surface area contributed by atoms with Gasteiger partial charge in [-0.15, -0.1) is 0 Å². The molecule has 96 valence electrons. The Morgan fingerprint density at radius 2 is 2.06 bits per heavy atom. The molecule has 0 N–H and O–H groups in total. The predicted octanol–water partition coefficient (Wildman–Crippen LogP) is 2.92. The van der Waals surface area contributed by atoms with Crippen molar-refractivity contribution in [2.45, 2.75) is 24.9 Å². The molecule has 0 radical (unpaired) electrons. The molecular formula is C15H20N2O. The monoisotopic (exact) mass is 244 g/mol. The van der Waals surface area contributed by atoms with Crippen LogP contribution in [0.25, 0.3) is 10.9 Å². The highest BCUT2D eigenvalue weighted by Gasteiger charge is 2.34. The molecule has 2 atom stereocenters. The maximum Gasteiger partial charge on any atom is 0.119 e. The van der Waals surface area contributed by atoms with Gasteiger partial charge in [-0.1, -0.05) is 0 Å². The van der Waals surface area contributed by atoms with E-state index in [-0.39, 0.29) is 0 Å². The number of fused-ring (bicyclic) bond motifs is 1. The first kappa shape index (κ1) is 11.6. The third-order valence-electron chi connectivity index (χ3n) is 4.15. The molecule has 2 aromatic rings. The molecule has 1 aromatic heterocycles. The molecule has 3 nitrogen and oxygen atoms in total. The second-order valence-electron chi connectivity index (χ2n) is 5.32. The number of ether oxygens (including phenoxy) is 1. The molecule has 1 saturated carbocycles. The zero-order chi connectivity index (χ0) is 12.7. The first-order valence-corrected chi connectivity index (χ1v) is 6.51. The van der Waals surface area contributed by atoms with Crippen molar-refractivity contribution in [3.63, 3.8) is 0 Å². The zero-order valence-corrected chi connectivity index (χ0v) is 11.3. The SMILES string of the molecule is COc1ccc2c(ccn2C2CCC2N(C)C)c1. The van der Waals surface area contributed by atoms with E-state index in [2.05, 4.69) is 48.0 Å². The van der Waals surface area contributed by atoms with Gasteiger partial charge in [0.15, 0.2) is 0 Å². The molecule has 0 bridgehead atoms. The summed E-state index contributed by atoms with van der Waals surface area (Å²) in [6, 6.07) is 9.79. The summed E-state index contributed by atoms with van der Waals surface area (Å²) in [5, 5.41) is 1.26. The smallest absolute Gasteiger partial charge is 0.119 e. The molecule has 1 aliphatic rings. The van der Waals surface area contributed by atoms with Gasteiger partial charge in [-0.3, -0.25) is 0 Å². The first-order chi connectivity index (χ1) is 8.70. The van der Waals surface area contributed by atoms with E-state index in [9.17, 15) is 0 Å². The van der Waals surface area contributed by atoms with Crippen LogP contribution in [0.4, 0.5) is 0 Å². The number of methoxy groups -OCH3 is 1. The van der Waals surface area contributed by atoms with Gasteiger partial charge in [0.2, 0.25) is 0 Å². The van der Waals surface area contributed by atoms with Crippen LogP contribution in [-0.2, 0) is 0 Å². The Kier molecular flexibility index (Phi) is 2.78. The lowest BCUT2D eigenvalue weighted by Crippen LogP contribution is -2.43. The van der Waals surface area contributed by atoms with E-state index in [0.29, 0.717) is 12.1 Å². The number of nitrogens with zero attached hydrogens (tertiary/aromatic N) is 2. The van der Waals surface area contributed by atoms with Gasteiger partial charge in [0.1, 0.15) is 5.75 Å². The Morgan fingerprint density at radius 1 is 1.22 bits per heavy atom. The summed E-state index contributed by atoms with van der Waals surface area (Å²) in [6.45, 7) is 0. The maximum absolute atomic E-state index is 5.27. The van der Waals surface area contributed by atoms with E-state index in [1.807, 2.05) is 6.07 Å². The van der Waals surface area contributed by atoms with Gasteiger partial charge >= 0.3 is 0 Å². The molecule has 18 heavy (non-hydrogen) atoms. The summed E-state index contributed by atoms with van der Waals surface area (Å²) in [6.07, 6.45) is 4.79. The third kappa shape index (κ3) is 1.70. The van der Waals surface area contributed by atoms with Crippen molar-refractivity contribution in [3.05, 3.63) is 30.5 Å². The van der Waals surface area contributed by atoms with Crippen molar-refractivity contribution in [1.29, 1.82) is 0 Å². The van der Waals surface area contributed by atoms with Gasteiger partial charge in [-0.25, -0.2) is 0 Å². The lowest BCUT2D eigenvalue weighted by atomic mass is 9.85. The topological polar surface area (TPSA) is 17.4 Å². The number of hydrogen-bond acceptors (Lipinski definition) is 2.